The first kappa shape index (κ1) is 61.0. The third-order valence-corrected chi connectivity index (χ3v) is 20.4. The lowest BCUT2D eigenvalue weighted by Crippen LogP contribution is -2.56. The SMILES string of the molecule is CC.CCCCC(CCC)C1=C(C)N(C)C2=C(C1CCC)C(CCC)C1=C(N2C)N(C)C2=C(C1CCC)C(CCC)C1=C(N(C)C3=C(C(CCC)C4=C(N(C)C5=C(C(CCC)CCN5C)C4CCC)N3C)C1CCC)N2C. The average Bonchev–Trinajstić information content (AvgIpc) is 3.60. The standard InChI is InChI=1S/C67H112N8.C2H6/c1-20-30-40-44(31-21-2)53-43(11)69(13)62-55(46(53)33-23-4)48(35-25-6)57-50(37-27-8)59-52(39-29-10)60-51(38-28-9)58-49(36-26-7)56-47(34-24-5)54-45(32-22-3)41-42-68(12)61(54)70(14)63(56)72(16)65(58)74(18)67(60)75(19)66(59)73(17)64(57)71(62)15;1-2/h44-52H,20-42H2,1-19H3;1-2H3. The van der Waals surface area contributed by atoms with E-state index in [2.05, 4.69) is 172 Å². The van der Waals surface area contributed by atoms with E-state index in [1.54, 1.807) is 44.6 Å². The smallest absolute Gasteiger partial charge is 0.115 e. The van der Waals surface area contributed by atoms with Crippen LogP contribution < -0.4 is 0 Å². The van der Waals surface area contributed by atoms with Crippen LogP contribution in [-0.4, -0.2) is 102 Å². The molecular formula is C69H118N8. The third-order valence-electron chi connectivity index (χ3n) is 20.4. The molecule has 0 radical (unpaired) electrons. The van der Waals surface area contributed by atoms with Gasteiger partial charge in [0.05, 0.1) is 0 Å². The van der Waals surface area contributed by atoms with Gasteiger partial charge in [-0.05, 0) is 134 Å². The summed E-state index contributed by atoms with van der Waals surface area (Å²) in [5.41, 5.74) is 15.7. The number of allylic oxidation sites excluding steroid dienone is 9. The van der Waals surface area contributed by atoms with E-state index in [1.807, 2.05) is 13.8 Å². The van der Waals surface area contributed by atoms with E-state index in [0.717, 1.165) is 6.54 Å². The first-order chi connectivity index (χ1) is 37.2. The molecule has 0 N–H and O–H groups in total. The van der Waals surface area contributed by atoms with Crippen LogP contribution in [0.2, 0.25) is 0 Å². The van der Waals surface area contributed by atoms with Crippen LogP contribution in [0.5, 0.6) is 0 Å². The summed E-state index contributed by atoms with van der Waals surface area (Å²) in [5.74, 6) is 14.7. The summed E-state index contributed by atoms with van der Waals surface area (Å²) in [5, 5.41) is 0. The maximum absolute atomic E-state index is 2.75. The Morgan fingerprint density at radius 1 is 0.338 bits per heavy atom. The van der Waals surface area contributed by atoms with Crippen molar-refractivity contribution >= 4 is 0 Å². The van der Waals surface area contributed by atoms with Gasteiger partial charge in [0.1, 0.15) is 40.7 Å². The Balaban J connectivity index is 0.00000426. The van der Waals surface area contributed by atoms with Gasteiger partial charge in [-0.1, -0.05) is 154 Å². The van der Waals surface area contributed by atoms with Crippen LogP contribution in [0.15, 0.2) is 91.0 Å². The lowest BCUT2D eigenvalue weighted by atomic mass is 9.60. The van der Waals surface area contributed by atoms with Crippen LogP contribution in [0.3, 0.4) is 0 Å². The fraction of sp³-hybridized carbons (Fsp3) is 0.768. The Bertz CT molecular complexity index is 2350. The number of unbranched alkanes of at least 4 members (excludes halogenated alkanes) is 1. The molecule has 0 spiro atoms. The summed E-state index contributed by atoms with van der Waals surface area (Å²) in [6, 6.07) is 0. The van der Waals surface area contributed by atoms with Crippen LogP contribution >= 0.6 is 0 Å². The predicted molar refractivity (Wildman–Crippen MR) is 330 cm³/mol. The van der Waals surface area contributed by atoms with E-state index in [-0.39, 0.29) is 0 Å². The molecule has 9 atom stereocenters. The molecule has 77 heavy (non-hydrogen) atoms. The molecule has 8 aliphatic rings. The highest BCUT2D eigenvalue weighted by Gasteiger charge is 2.56. The molecule has 0 aliphatic carbocycles. The molecule has 9 unspecified atom stereocenters. The second-order valence-electron chi connectivity index (χ2n) is 25.1. The predicted octanol–water partition coefficient (Wildman–Crippen LogP) is 17.7. The number of hydrogen-bond donors (Lipinski definition) is 0. The zero-order valence-corrected chi connectivity index (χ0v) is 54.0. The van der Waals surface area contributed by atoms with Gasteiger partial charge in [0.15, 0.2) is 0 Å². The molecule has 434 valence electrons. The Kier molecular flexibility index (Phi) is 20.8. The normalized spacial score (nSPS) is 27.9. The first-order valence-electron chi connectivity index (χ1n) is 32.9. The minimum Gasteiger partial charge on any atom is -0.361 e. The van der Waals surface area contributed by atoms with Crippen molar-refractivity contribution in [3.63, 3.8) is 0 Å². The summed E-state index contributed by atoms with van der Waals surface area (Å²) in [6.07, 6.45) is 27.3. The van der Waals surface area contributed by atoms with Gasteiger partial charge < -0.3 is 39.2 Å². The largest absolute Gasteiger partial charge is 0.361 e. The Hall–Kier alpha value is -3.68. The van der Waals surface area contributed by atoms with Gasteiger partial charge in [-0.25, -0.2) is 0 Å². The van der Waals surface area contributed by atoms with E-state index in [9.17, 15) is 0 Å². The van der Waals surface area contributed by atoms with Crippen molar-refractivity contribution in [3.8, 4) is 0 Å². The zero-order chi connectivity index (χ0) is 56.3. The lowest BCUT2D eigenvalue weighted by molar-refractivity contribution is 0.131. The van der Waals surface area contributed by atoms with Gasteiger partial charge >= 0.3 is 0 Å². The van der Waals surface area contributed by atoms with Crippen molar-refractivity contribution in [3.05, 3.63) is 91.0 Å². The highest BCUT2D eigenvalue weighted by atomic mass is 15.5. The molecule has 0 aromatic rings. The molecule has 0 fully saturated rings. The summed E-state index contributed by atoms with van der Waals surface area (Å²) in [6.45, 7) is 32.3. The van der Waals surface area contributed by atoms with Crippen molar-refractivity contribution in [2.75, 3.05) is 62.9 Å². The van der Waals surface area contributed by atoms with E-state index in [0.29, 0.717) is 53.3 Å². The van der Waals surface area contributed by atoms with Crippen LogP contribution in [-0.2, 0) is 0 Å². The lowest BCUT2D eigenvalue weighted by Gasteiger charge is -2.60. The monoisotopic (exact) mass is 1060 g/mol. The average molecular weight is 1060 g/mol. The fourth-order valence-corrected chi connectivity index (χ4v) is 18.0. The molecule has 8 aliphatic heterocycles. The van der Waals surface area contributed by atoms with Gasteiger partial charge in [0.25, 0.3) is 0 Å². The third kappa shape index (κ3) is 10.1. The van der Waals surface area contributed by atoms with Gasteiger partial charge in [-0.15, -0.1) is 0 Å². The molecule has 8 heteroatoms. The molecule has 8 rings (SSSR count). The topological polar surface area (TPSA) is 25.9 Å². The van der Waals surface area contributed by atoms with Gasteiger partial charge in [-0.3, -0.25) is 0 Å². The van der Waals surface area contributed by atoms with E-state index in [4.69, 9.17) is 0 Å². The van der Waals surface area contributed by atoms with Crippen LogP contribution in [0.4, 0.5) is 0 Å². The van der Waals surface area contributed by atoms with Crippen molar-refractivity contribution in [1.82, 2.24) is 39.2 Å². The summed E-state index contributed by atoms with van der Waals surface area (Å²) in [7, 11) is 19.6. The molecule has 0 amide bonds. The summed E-state index contributed by atoms with van der Waals surface area (Å²) in [4.78, 5) is 21.7. The van der Waals surface area contributed by atoms with E-state index in [1.165, 1.54) is 188 Å². The molecule has 0 saturated heterocycles. The first-order valence-corrected chi connectivity index (χ1v) is 32.9. The van der Waals surface area contributed by atoms with Crippen molar-refractivity contribution in [2.24, 2.45) is 53.3 Å². The number of rotatable bonds is 22. The maximum atomic E-state index is 2.75. The quantitative estimate of drug-likeness (QED) is 0.106. The Morgan fingerprint density at radius 2 is 0.636 bits per heavy atom. The molecule has 0 aromatic heterocycles. The van der Waals surface area contributed by atoms with Gasteiger partial charge in [-0.2, -0.15) is 0 Å². The second-order valence-corrected chi connectivity index (χ2v) is 25.1. The summed E-state index contributed by atoms with van der Waals surface area (Å²) < 4.78 is 0. The molecule has 0 bridgehead atoms. The molecule has 8 heterocycles. The molecule has 8 nitrogen and oxygen atoms in total. The van der Waals surface area contributed by atoms with Crippen LogP contribution in [0.1, 0.15) is 231 Å². The number of nitrogens with zero attached hydrogens (tertiary/aromatic N) is 8. The summed E-state index contributed by atoms with van der Waals surface area (Å²) >= 11 is 0. The van der Waals surface area contributed by atoms with Crippen molar-refractivity contribution < 1.29 is 0 Å². The minimum absolute atomic E-state index is 0.389. The zero-order valence-electron chi connectivity index (χ0n) is 54.0. The highest BCUT2D eigenvalue weighted by molar-refractivity contribution is 5.57. The van der Waals surface area contributed by atoms with Gasteiger partial charge in [0.2, 0.25) is 0 Å². The highest BCUT2D eigenvalue weighted by Crippen LogP contribution is 2.63. The fourth-order valence-electron chi connectivity index (χ4n) is 18.0. The number of hydrogen-bond acceptors (Lipinski definition) is 8. The Labute approximate surface area is 475 Å². The molecular weight excluding hydrogens is 941 g/mol. The molecule has 0 saturated carbocycles. The van der Waals surface area contributed by atoms with Crippen LogP contribution in [0, 0.1) is 53.3 Å². The van der Waals surface area contributed by atoms with E-state index >= 15 is 0 Å². The second kappa shape index (κ2) is 26.3. The van der Waals surface area contributed by atoms with Crippen molar-refractivity contribution in [1.29, 1.82) is 0 Å². The van der Waals surface area contributed by atoms with Crippen LogP contribution in [0.25, 0.3) is 0 Å². The Morgan fingerprint density at radius 3 is 0.961 bits per heavy atom. The molecule has 0 aromatic carbocycles. The van der Waals surface area contributed by atoms with Gasteiger partial charge in [0, 0.05) is 110 Å². The van der Waals surface area contributed by atoms with E-state index < -0.39 is 0 Å². The minimum atomic E-state index is 0.389. The van der Waals surface area contributed by atoms with Crippen molar-refractivity contribution in [2.45, 2.75) is 231 Å². The maximum Gasteiger partial charge on any atom is 0.115 e.